The van der Waals surface area contributed by atoms with E-state index in [0.29, 0.717) is 5.92 Å². The van der Waals surface area contributed by atoms with E-state index in [1.165, 1.54) is 12.8 Å². The lowest BCUT2D eigenvalue weighted by atomic mass is 10.2. The standard InChI is InChI=1S/C13H13N5S/c1-14-10-6-4-9(5-7-10)12-17-18-11(8-2-3-8)15-16-13(18)19-12/h4-8,14H,2-3H2,1H3. The van der Waals surface area contributed by atoms with Gasteiger partial charge in [-0.1, -0.05) is 11.3 Å². The first-order chi connectivity index (χ1) is 9.35. The lowest BCUT2D eigenvalue weighted by molar-refractivity contribution is 0.828. The maximum atomic E-state index is 4.65. The second-order valence-electron chi connectivity index (χ2n) is 4.76. The number of anilines is 1. The van der Waals surface area contributed by atoms with Gasteiger partial charge in [0.25, 0.3) is 0 Å². The largest absolute Gasteiger partial charge is 0.388 e. The molecular weight excluding hydrogens is 258 g/mol. The average Bonchev–Trinajstić information content (AvgIpc) is 3.08. The highest BCUT2D eigenvalue weighted by Gasteiger charge is 2.30. The van der Waals surface area contributed by atoms with Crippen LogP contribution < -0.4 is 5.32 Å². The van der Waals surface area contributed by atoms with Gasteiger partial charge in [-0.05, 0) is 37.1 Å². The van der Waals surface area contributed by atoms with Gasteiger partial charge in [0.15, 0.2) is 5.82 Å². The van der Waals surface area contributed by atoms with Gasteiger partial charge in [-0.2, -0.15) is 9.61 Å². The molecule has 1 aromatic carbocycles. The molecule has 0 saturated heterocycles. The van der Waals surface area contributed by atoms with Crippen molar-refractivity contribution >= 4 is 22.0 Å². The normalized spacial score (nSPS) is 15.0. The van der Waals surface area contributed by atoms with Crippen molar-refractivity contribution in [1.82, 2.24) is 19.8 Å². The Hall–Kier alpha value is -1.95. The molecule has 2 heterocycles. The van der Waals surface area contributed by atoms with Gasteiger partial charge < -0.3 is 5.32 Å². The van der Waals surface area contributed by atoms with Crippen LogP contribution in [0, 0.1) is 0 Å². The molecule has 4 rings (SSSR count). The highest BCUT2D eigenvalue weighted by molar-refractivity contribution is 7.19. The van der Waals surface area contributed by atoms with Gasteiger partial charge in [-0.15, -0.1) is 10.2 Å². The quantitative estimate of drug-likeness (QED) is 0.796. The molecule has 1 saturated carbocycles. The Bertz CT molecular complexity index is 723. The smallest absolute Gasteiger partial charge is 0.234 e. The van der Waals surface area contributed by atoms with Gasteiger partial charge in [0.05, 0.1) is 0 Å². The Morgan fingerprint density at radius 3 is 2.68 bits per heavy atom. The van der Waals surface area contributed by atoms with E-state index in [9.17, 15) is 0 Å². The molecule has 19 heavy (non-hydrogen) atoms. The van der Waals surface area contributed by atoms with Crippen LogP contribution in [0.3, 0.4) is 0 Å². The van der Waals surface area contributed by atoms with Crippen molar-refractivity contribution in [3.05, 3.63) is 30.1 Å². The SMILES string of the molecule is CNc1ccc(-c2nn3c(C4CC4)nnc3s2)cc1. The second kappa shape index (κ2) is 4.03. The molecule has 1 N–H and O–H groups in total. The highest BCUT2D eigenvalue weighted by Crippen LogP contribution is 2.39. The molecule has 1 aliphatic carbocycles. The lowest BCUT2D eigenvalue weighted by Gasteiger charge is -2.00. The fraction of sp³-hybridized carbons (Fsp3) is 0.308. The molecule has 5 nitrogen and oxygen atoms in total. The van der Waals surface area contributed by atoms with E-state index in [4.69, 9.17) is 0 Å². The van der Waals surface area contributed by atoms with E-state index in [1.54, 1.807) is 11.3 Å². The number of benzene rings is 1. The van der Waals surface area contributed by atoms with Crippen molar-refractivity contribution < 1.29 is 0 Å². The van der Waals surface area contributed by atoms with Crippen LogP contribution in [0.5, 0.6) is 0 Å². The van der Waals surface area contributed by atoms with Crippen molar-refractivity contribution in [2.24, 2.45) is 0 Å². The summed E-state index contributed by atoms with van der Waals surface area (Å²) in [5.74, 6) is 1.58. The summed E-state index contributed by atoms with van der Waals surface area (Å²) in [5, 5.41) is 17.2. The molecule has 0 spiro atoms. The zero-order valence-corrected chi connectivity index (χ0v) is 11.3. The average molecular weight is 271 g/mol. The Morgan fingerprint density at radius 2 is 2.00 bits per heavy atom. The molecule has 2 aromatic heterocycles. The van der Waals surface area contributed by atoms with Crippen molar-refractivity contribution in [2.45, 2.75) is 18.8 Å². The van der Waals surface area contributed by atoms with Gasteiger partial charge in [-0.3, -0.25) is 0 Å². The first-order valence-corrected chi connectivity index (χ1v) is 7.17. The third-order valence-electron chi connectivity index (χ3n) is 3.38. The van der Waals surface area contributed by atoms with E-state index in [0.717, 1.165) is 27.0 Å². The summed E-state index contributed by atoms with van der Waals surface area (Å²) in [7, 11) is 1.92. The van der Waals surface area contributed by atoms with E-state index >= 15 is 0 Å². The van der Waals surface area contributed by atoms with Gasteiger partial charge >= 0.3 is 0 Å². The minimum absolute atomic E-state index is 0.566. The first-order valence-electron chi connectivity index (χ1n) is 6.35. The molecule has 0 bridgehead atoms. The number of nitrogens with one attached hydrogen (secondary N) is 1. The minimum atomic E-state index is 0.566. The van der Waals surface area contributed by atoms with Crippen molar-refractivity contribution in [1.29, 1.82) is 0 Å². The van der Waals surface area contributed by atoms with Crippen LogP contribution in [0.25, 0.3) is 15.5 Å². The summed E-state index contributed by atoms with van der Waals surface area (Å²) in [5.41, 5.74) is 2.22. The Morgan fingerprint density at radius 1 is 1.21 bits per heavy atom. The van der Waals surface area contributed by atoms with Gasteiger partial charge in [0.1, 0.15) is 5.01 Å². The minimum Gasteiger partial charge on any atom is -0.388 e. The van der Waals surface area contributed by atoms with Crippen molar-refractivity contribution in [2.75, 3.05) is 12.4 Å². The molecule has 0 amide bonds. The molecule has 0 radical (unpaired) electrons. The lowest BCUT2D eigenvalue weighted by Crippen LogP contribution is -1.93. The van der Waals surface area contributed by atoms with Crippen LogP contribution in [0.2, 0.25) is 0 Å². The fourth-order valence-corrected chi connectivity index (χ4v) is 2.98. The summed E-state index contributed by atoms with van der Waals surface area (Å²) in [6, 6.07) is 8.27. The predicted molar refractivity (Wildman–Crippen MR) is 75.6 cm³/mol. The molecule has 96 valence electrons. The number of aromatic nitrogens is 4. The molecule has 0 unspecified atom stereocenters. The van der Waals surface area contributed by atoms with E-state index in [2.05, 4.69) is 44.9 Å². The number of nitrogens with zero attached hydrogens (tertiary/aromatic N) is 4. The molecule has 0 aliphatic heterocycles. The Balaban J connectivity index is 1.77. The Labute approximate surface area is 114 Å². The highest BCUT2D eigenvalue weighted by atomic mass is 32.1. The van der Waals surface area contributed by atoms with Gasteiger partial charge in [0.2, 0.25) is 4.96 Å². The van der Waals surface area contributed by atoms with Crippen molar-refractivity contribution in [3.8, 4) is 10.6 Å². The molecule has 6 heteroatoms. The molecule has 0 atom stereocenters. The third kappa shape index (κ3) is 1.79. The molecule has 3 aromatic rings. The zero-order chi connectivity index (χ0) is 12.8. The predicted octanol–water partition coefficient (Wildman–Crippen LogP) is 2.77. The van der Waals surface area contributed by atoms with Crippen LogP contribution in [0.1, 0.15) is 24.6 Å². The zero-order valence-electron chi connectivity index (χ0n) is 10.5. The molecule has 1 aliphatic rings. The third-order valence-corrected chi connectivity index (χ3v) is 4.33. The summed E-state index contributed by atoms with van der Waals surface area (Å²) in [6.45, 7) is 0. The van der Waals surface area contributed by atoms with Gasteiger partial charge in [-0.25, -0.2) is 0 Å². The number of fused-ring (bicyclic) bond motifs is 1. The maximum Gasteiger partial charge on any atom is 0.234 e. The van der Waals surface area contributed by atoms with E-state index < -0.39 is 0 Å². The summed E-state index contributed by atoms with van der Waals surface area (Å²) >= 11 is 1.59. The van der Waals surface area contributed by atoms with Crippen LogP contribution in [-0.2, 0) is 0 Å². The van der Waals surface area contributed by atoms with Crippen LogP contribution in [-0.4, -0.2) is 26.9 Å². The number of hydrogen-bond acceptors (Lipinski definition) is 5. The summed E-state index contributed by atoms with van der Waals surface area (Å²) in [6.07, 6.45) is 2.43. The number of rotatable bonds is 3. The topological polar surface area (TPSA) is 55.1 Å². The summed E-state index contributed by atoms with van der Waals surface area (Å²) < 4.78 is 1.91. The fourth-order valence-electron chi connectivity index (χ4n) is 2.12. The molecular formula is C13H13N5S. The van der Waals surface area contributed by atoms with Crippen LogP contribution in [0.4, 0.5) is 5.69 Å². The first kappa shape index (κ1) is 10.9. The van der Waals surface area contributed by atoms with E-state index in [1.807, 2.05) is 11.6 Å². The van der Waals surface area contributed by atoms with Crippen LogP contribution >= 0.6 is 11.3 Å². The number of hydrogen-bond donors (Lipinski definition) is 1. The molecule has 1 fully saturated rings. The van der Waals surface area contributed by atoms with Gasteiger partial charge in [0, 0.05) is 24.2 Å². The second-order valence-corrected chi connectivity index (χ2v) is 5.72. The Kier molecular flexibility index (Phi) is 2.32. The van der Waals surface area contributed by atoms with Crippen LogP contribution in [0.15, 0.2) is 24.3 Å². The summed E-state index contributed by atoms with van der Waals surface area (Å²) in [4.78, 5) is 0.884. The van der Waals surface area contributed by atoms with E-state index in [-0.39, 0.29) is 0 Å². The monoisotopic (exact) mass is 271 g/mol. The van der Waals surface area contributed by atoms with Crippen molar-refractivity contribution in [3.63, 3.8) is 0 Å². The maximum absolute atomic E-state index is 4.65.